The average molecular weight is 263 g/mol. The van der Waals surface area contributed by atoms with E-state index in [1.807, 2.05) is 6.08 Å². The van der Waals surface area contributed by atoms with Crippen molar-refractivity contribution in [2.24, 2.45) is 0 Å². The Balaban J connectivity index is 2.91. The van der Waals surface area contributed by atoms with Crippen LogP contribution in [0.1, 0.15) is 96.3 Å². The molecule has 0 saturated heterocycles. The standard InChI is InChI=1S/C18H33N/c1-2-3-4-5-6-7-8-9-10-11-12-13-14-15-16-17-18-19/h2H,1,3-17H2. The Morgan fingerprint density at radius 1 is 0.632 bits per heavy atom. The highest BCUT2D eigenvalue weighted by atomic mass is 14.2. The summed E-state index contributed by atoms with van der Waals surface area (Å²) in [5, 5.41) is 8.42. The summed E-state index contributed by atoms with van der Waals surface area (Å²) in [5.41, 5.74) is 0. The summed E-state index contributed by atoms with van der Waals surface area (Å²) in [4.78, 5) is 0. The minimum absolute atomic E-state index is 0.743. The zero-order chi connectivity index (χ0) is 14.0. The molecule has 0 aliphatic heterocycles. The fourth-order valence-corrected chi connectivity index (χ4v) is 2.44. The van der Waals surface area contributed by atoms with Crippen molar-refractivity contribution in [3.8, 4) is 6.07 Å². The van der Waals surface area contributed by atoms with E-state index in [2.05, 4.69) is 12.6 Å². The van der Waals surface area contributed by atoms with Gasteiger partial charge in [0.25, 0.3) is 0 Å². The van der Waals surface area contributed by atoms with Crippen LogP contribution < -0.4 is 0 Å². The topological polar surface area (TPSA) is 23.8 Å². The van der Waals surface area contributed by atoms with Crippen LogP contribution in [0.2, 0.25) is 0 Å². The smallest absolute Gasteiger partial charge is 0.0621 e. The quantitative estimate of drug-likeness (QED) is 0.243. The Morgan fingerprint density at radius 2 is 1.00 bits per heavy atom. The zero-order valence-electron chi connectivity index (χ0n) is 12.8. The van der Waals surface area contributed by atoms with E-state index in [1.54, 1.807) is 0 Å². The van der Waals surface area contributed by atoms with Crippen LogP contribution in [0.15, 0.2) is 12.7 Å². The number of nitriles is 1. The third-order valence-electron chi connectivity index (χ3n) is 3.70. The molecule has 110 valence electrons. The number of nitrogens with zero attached hydrogens (tertiary/aromatic N) is 1. The normalized spacial score (nSPS) is 10.3. The van der Waals surface area contributed by atoms with Crippen LogP contribution in [-0.4, -0.2) is 0 Å². The number of hydrogen-bond acceptors (Lipinski definition) is 1. The monoisotopic (exact) mass is 263 g/mol. The molecule has 0 unspecified atom stereocenters. The summed E-state index contributed by atoms with van der Waals surface area (Å²) in [6, 6.07) is 2.21. The second-order valence-electron chi connectivity index (χ2n) is 5.58. The SMILES string of the molecule is C=CCCCCCCCCCCCCCCCC#N. The lowest BCUT2D eigenvalue weighted by Crippen LogP contribution is -1.83. The number of rotatable bonds is 15. The minimum atomic E-state index is 0.743. The molecule has 0 saturated carbocycles. The molecule has 0 aromatic carbocycles. The van der Waals surface area contributed by atoms with E-state index in [0.29, 0.717) is 0 Å². The highest BCUT2D eigenvalue weighted by Crippen LogP contribution is 2.13. The van der Waals surface area contributed by atoms with Gasteiger partial charge in [0, 0.05) is 6.42 Å². The van der Waals surface area contributed by atoms with Crippen LogP contribution in [0, 0.1) is 11.3 Å². The molecule has 0 aliphatic rings. The predicted molar refractivity (Wildman–Crippen MR) is 85.1 cm³/mol. The van der Waals surface area contributed by atoms with Crippen molar-refractivity contribution < 1.29 is 0 Å². The minimum Gasteiger partial charge on any atom is -0.198 e. The molecule has 0 amide bonds. The lowest BCUT2D eigenvalue weighted by atomic mass is 10.0. The fraction of sp³-hybridized carbons (Fsp3) is 0.833. The third kappa shape index (κ3) is 17.2. The van der Waals surface area contributed by atoms with E-state index in [1.165, 1.54) is 83.5 Å². The lowest BCUT2D eigenvalue weighted by molar-refractivity contribution is 0.538. The highest BCUT2D eigenvalue weighted by Gasteiger charge is 1.93. The van der Waals surface area contributed by atoms with Crippen molar-refractivity contribution in [1.82, 2.24) is 0 Å². The van der Waals surface area contributed by atoms with Crippen LogP contribution in [-0.2, 0) is 0 Å². The summed E-state index contributed by atoms with van der Waals surface area (Å²) in [5.74, 6) is 0. The van der Waals surface area contributed by atoms with E-state index in [-0.39, 0.29) is 0 Å². The van der Waals surface area contributed by atoms with Gasteiger partial charge < -0.3 is 0 Å². The van der Waals surface area contributed by atoms with Crippen LogP contribution in [0.4, 0.5) is 0 Å². The van der Waals surface area contributed by atoms with E-state index < -0.39 is 0 Å². The van der Waals surface area contributed by atoms with Crippen molar-refractivity contribution in [3.63, 3.8) is 0 Å². The first-order chi connectivity index (χ1) is 9.41. The van der Waals surface area contributed by atoms with Gasteiger partial charge in [-0.15, -0.1) is 6.58 Å². The molecular formula is C18H33N. The average Bonchev–Trinajstić information content (AvgIpc) is 2.43. The van der Waals surface area contributed by atoms with Gasteiger partial charge in [-0.2, -0.15) is 5.26 Å². The summed E-state index contributed by atoms with van der Waals surface area (Å²) in [6.07, 6.45) is 21.6. The molecule has 0 aromatic heterocycles. The second-order valence-corrected chi connectivity index (χ2v) is 5.58. The van der Waals surface area contributed by atoms with Gasteiger partial charge >= 0.3 is 0 Å². The molecule has 0 bridgehead atoms. The summed E-state index contributed by atoms with van der Waals surface area (Å²) in [6.45, 7) is 3.75. The van der Waals surface area contributed by atoms with E-state index in [0.717, 1.165) is 12.8 Å². The van der Waals surface area contributed by atoms with Crippen LogP contribution in [0.25, 0.3) is 0 Å². The number of hydrogen-bond donors (Lipinski definition) is 0. The molecule has 1 nitrogen and oxygen atoms in total. The van der Waals surface area contributed by atoms with Crippen LogP contribution >= 0.6 is 0 Å². The highest BCUT2D eigenvalue weighted by molar-refractivity contribution is 4.67. The van der Waals surface area contributed by atoms with E-state index in [9.17, 15) is 0 Å². The zero-order valence-corrected chi connectivity index (χ0v) is 12.8. The molecule has 0 radical (unpaired) electrons. The summed E-state index contributed by atoms with van der Waals surface area (Å²) < 4.78 is 0. The largest absolute Gasteiger partial charge is 0.198 e. The Morgan fingerprint density at radius 3 is 1.37 bits per heavy atom. The van der Waals surface area contributed by atoms with Crippen molar-refractivity contribution >= 4 is 0 Å². The molecule has 0 heterocycles. The molecule has 0 atom stereocenters. The first-order valence-electron chi connectivity index (χ1n) is 8.39. The number of unbranched alkanes of at least 4 members (excludes halogenated alkanes) is 14. The fourth-order valence-electron chi connectivity index (χ4n) is 2.44. The first kappa shape index (κ1) is 18.2. The number of allylic oxidation sites excluding steroid dienone is 1. The summed E-state index contributed by atoms with van der Waals surface area (Å²) >= 11 is 0. The first-order valence-corrected chi connectivity index (χ1v) is 8.39. The second kappa shape index (κ2) is 17.2. The van der Waals surface area contributed by atoms with E-state index >= 15 is 0 Å². The molecule has 1 heteroatoms. The van der Waals surface area contributed by atoms with Gasteiger partial charge in [-0.3, -0.25) is 0 Å². The Labute approximate surface area is 121 Å². The lowest BCUT2D eigenvalue weighted by Gasteiger charge is -2.02. The maximum atomic E-state index is 8.42. The molecule has 0 rings (SSSR count). The maximum absolute atomic E-state index is 8.42. The Bertz CT molecular complexity index is 214. The molecule has 0 spiro atoms. The van der Waals surface area contributed by atoms with E-state index in [4.69, 9.17) is 5.26 Å². The van der Waals surface area contributed by atoms with Crippen molar-refractivity contribution in [1.29, 1.82) is 5.26 Å². The third-order valence-corrected chi connectivity index (χ3v) is 3.70. The molecular weight excluding hydrogens is 230 g/mol. The van der Waals surface area contributed by atoms with Crippen molar-refractivity contribution in [2.75, 3.05) is 0 Å². The summed E-state index contributed by atoms with van der Waals surface area (Å²) in [7, 11) is 0. The maximum Gasteiger partial charge on any atom is 0.0621 e. The van der Waals surface area contributed by atoms with Crippen LogP contribution in [0.5, 0.6) is 0 Å². The van der Waals surface area contributed by atoms with Gasteiger partial charge in [-0.05, 0) is 19.3 Å². The van der Waals surface area contributed by atoms with Gasteiger partial charge in [-0.1, -0.05) is 76.7 Å². The van der Waals surface area contributed by atoms with Crippen LogP contribution in [0.3, 0.4) is 0 Å². The van der Waals surface area contributed by atoms with Crippen molar-refractivity contribution in [2.45, 2.75) is 96.3 Å². The van der Waals surface area contributed by atoms with Gasteiger partial charge in [0.05, 0.1) is 6.07 Å². The Hall–Kier alpha value is -0.770. The molecule has 0 N–H and O–H groups in total. The molecule has 0 aromatic rings. The van der Waals surface area contributed by atoms with Gasteiger partial charge in [0.2, 0.25) is 0 Å². The predicted octanol–water partition coefficient (Wildman–Crippen LogP) is 6.55. The molecule has 0 fully saturated rings. The van der Waals surface area contributed by atoms with Gasteiger partial charge in [0.15, 0.2) is 0 Å². The van der Waals surface area contributed by atoms with Gasteiger partial charge in [-0.25, -0.2) is 0 Å². The molecule has 0 aliphatic carbocycles. The molecule has 19 heavy (non-hydrogen) atoms. The van der Waals surface area contributed by atoms with Crippen molar-refractivity contribution in [3.05, 3.63) is 12.7 Å². The van der Waals surface area contributed by atoms with Gasteiger partial charge in [0.1, 0.15) is 0 Å². The Kier molecular flexibility index (Phi) is 16.5.